The van der Waals surface area contributed by atoms with Crippen LogP contribution in [-0.4, -0.2) is 33.5 Å². The summed E-state index contributed by atoms with van der Waals surface area (Å²) in [6.07, 6.45) is 2.85. The number of hydrogen-bond donors (Lipinski definition) is 1. The normalized spacial score (nSPS) is 14.7. The van der Waals surface area contributed by atoms with E-state index in [9.17, 15) is 13.2 Å². The molecule has 1 saturated heterocycles. The molecule has 1 N–H and O–H groups in total. The van der Waals surface area contributed by atoms with Gasteiger partial charge in [0.05, 0.1) is 28.5 Å². The summed E-state index contributed by atoms with van der Waals surface area (Å²) in [7, 11) is -3.58. The Balaban J connectivity index is 1.36. The molecule has 0 spiro atoms. The smallest absolute Gasteiger partial charge is 0.287 e. The van der Waals surface area contributed by atoms with Gasteiger partial charge in [-0.25, -0.2) is 8.42 Å². The molecular weight excluding hydrogens is 426 g/mol. The lowest BCUT2D eigenvalue weighted by molar-refractivity contribution is 0.0902. The van der Waals surface area contributed by atoms with Crippen molar-refractivity contribution in [2.75, 3.05) is 18.0 Å². The second kappa shape index (κ2) is 9.28. The third-order valence-corrected chi connectivity index (χ3v) is 7.27. The lowest BCUT2D eigenvalue weighted by Crippen LogP contribution is -2.44. The van der Waals surface area contributed by atoms with Gasteiger partial charge in [0.1, 0.15) is 0 Å². The predicted octanol–water partition coefficient (Wildman–Crippen LogP) is 3.52. The van der Waals surface area contributed by atoms with Crippen LogP contribution in [0.5, 0.6) is 0 Å². The molecule has 0 aliphatic carbocycles. The largest absolute Gasteiger partial charge is 0.459 e. The highest BCUT2D eigenvalue weighted by Gasteiger charge is 2.26. The average molecular weight is 450 g/mol. The van der Waals surface area contributed by atoms with E-state index in [4.69, 9.17) is 9.68 Å². The number of anilines is 1. The van der Waals surface area contributed by atoms with Crippen molar-refractivity contribution in [3.63, 3.8) is 0 Å². The van der Waals surface area contributed by atoms with Crippen molar-refractivity contribution in [3.05, 3.63) is 83.8 Å². The van der Waals surface area contributed by atoms with Crippen molar-refractivity contribution in [2.24, 2.45) is 0 Å². The minimum atomic E-state index is -3.58. The van der Waals surface area contributed by atoms with E-state index in [1.165, 1.54) is 24.5 Å². The molecule has 2 aromatic carbocycles. The number of sulfone groups is 1. The first-order chi connectivity index (χ1) is 15.5. The minimum absolute atomic E-state index is 0.0270. The first-order valence-electron chi connectivity index (χ1n) is 10.4. The fourth-order valence-electron chi connectivity index (χ4n) is 3.84. The third-order valence-electron chi connectivity index (χ3n) is 5.59. The molecule has 1 aliphatic heterocycles. The highest BCUT2D eigenvalue weighted by atomic mass is 32.2. The summed E-state index contributed by atoms with van der Waals surface area (Å²) in [4.78, 5) is 15.2. The molecule has 0 bridgehead atoms. The fourth-order valence-corrected chi connectivity index (χ4v) is 5.22. The molecule has 7 nitrogen and oxygen atoms in total. The molecule has 0 radical (unpaired) electrons. The van der Waals surface area contributed by atoms with E-state index in [2.05, 4.69) is 16.3 Å². The molecule has 164 valence electrons. The van der Waals surface area contributed by atoms with Crippen LogP contribution in [0.25, 0.3) is 0 Å². The molecule has 0 atom stereocenters. The molecule has 32 heavy (non-hydrogen) atoms. The lowest BCUT2D eigenvalue weighted by Gasteiger charge is -2.33. The van der Waals surface area contributed by atoms with E-state index >= 15 is 0 Å². The Kier molecular flexibility index (Phi) is 6.28. The van der Waals surface area contributed by atoms with E-state index < -0.39 is 15.7 Å². The van der Waals surface area contributed by atoms with Gasteiger partial charge >= 0.3 is 0 Å². The van der Waals surface area contributed by atoms with Gasteiger partial charge in [-0.1, -0.05) is 18.2 Å². The number of amides is 1. The van der Waals surface area contributed by atoms with E-state index in [1.54, 1.807) is 30.3 Å². The number of carbonyl (C=O) groups excluding carboxylic acids is 1. The Morgan fingerprint density at radius 2 is 1.75 bits per heavy atom. The van der Waals surface area contributed by atoms with Crippen molar-refractivity contribution < 1.29 is 17.6 Å². The van der Waals surface area contributed by atoms with Gasteiger partial charge in [-0.05, 0) is 55.3 Å². The number of nitrogens with zero attached hydrogens (tertiary/aromatic N) is 2. The minimum Gasteiger partial charge on any atom is -0.459 e. The van der Waals surface area contributed by atoms with Gasteiger partial charge < -0.3 is 14.6 Å². The molecule has 1 fully saturated rings. The second-order valence-corrected chi connectivity index (χ2v) is 9.73. The summed E-state index contributed by atoms with van der Waals surface area (Å²) in [5.74, 6) is -0.656. The van der Waals surface area contributed by atoms with Gasteiger partial charge in [0.25, 0.3) is 5.91 Å². The molecule has 1 aliphatic rings. The highest BCUT2D eigenvalue weighted by molar-refractivity contribution is 7.90. The molecule has 1 aromatic heterocycles. The number of rotatable bonds is 6. The van der Waals surface area contributed by atoms with E-state index in [-0.39, 0.29) is 22.5 Å². The van der Waals surface area contributed by atoms with Crippen LogP contribution in [0, 0.1) is 11.3 Å². The number of nitrogens with one attached hydrogen (secondary N) is 1. The van der Waals surface area contributed by atoms with Crippen molar-refractivity contribution >= 4 is 21.4 Å². The number of piperidine rings is 1. The van der Waals surface area contributed by atoms with Crippen LogP contribution in [0.2, 0.25) is 0 Å². The number of furan rings is 1. The molecule has 0 saturated carbocycles. The summed E-state index contributed by atoms with van der Waals surface area (Å²) >= 11 is 0. The van der Waals surface area contributed by atoms with Crippen molar-refractivity contribution in [3.8, 4) is 6.07 Å². The SMILES string of the molecule is N#Cc1ccc(N2CCC(NC(=O)c3occc3CS(=O)(=O)c3ccccc3)CC2)cc1. The summed E-state index contributed by atoms with van der Waals surface area (Å²) in [5, 5.41) is 11.9. The van der Waals surface area contributed by atoms with Crippen LogP contribution in [0.1, 0.15) is 34.5 Å². The number of hydrogen-bond acceptors (Lipinski definition) is 6. The maximum Gasteiger partial charge on any atom is 0.287 e. The van der Waals surface area contributed by atoms with Crippen LogP contribution >= 0.6 is 0 Å². The number of nitriles is 1. The van der Waals surface area contributed by atoms with Crippen molar-refractivity contribution in [1.29, 1.82) is 5.26 Å². The van der Waals surface area contributed by atoms with Gasteiger partial charge in [0.2, 0.25) is 0 Å². The van der Waals surface area contributed by atoms with Crippen LogP contribution in [0.4, 0.5) is 5.69 Å². The van der Waals surface area contributed by atoms with Gasteiger partial charge in [-0.2, -0.15) is 5.26 Å². The maximum atomic E-state index is 12.8. The standard InChI is InChI=1S/C24H23N3O4S/c25-16-18-6-8-21(9-7-18)27-13-10-20(11-14-27)26-24(28)23-19(12-15-31-23)17-32(29,30)22-4-2-1-3-5-22/h1-9,12,15,20H,10-11,13-14,17H2,(H,26,28). The molecule has 1 amide bonds. The quantitative estimate of drug-likeness (QED) is 0.618. The van der Waals surface area contributed by atoms with Crippen LogP contribution in [0.3, 0.4) is 0 Å². The second-order valence-electron chi connectivity index (χ2n) is 7.74. The summed E-state index contributed by atoms with van der Waals surface area (Å²) in [5.41, 5.74) is 2.02. The fraction of sp³-hybridized carbons (Fsp3) is 0.250. The first-order valence-corrected chi connectivity index (χ1v) is 12.0. The van der Waals surface area contributed by atoms with Gasteiger partial charge in [-0.3, -0.25) is 4.79 Å². The highest BCUT2D eigenvalue weighted by Crippen LogP contribution is 2.23. The molecule has 2 heterocycles. The zero-order chi connectivity index (χ0) is 22.6. The van der Waals surface area contributed by atoms with Gasteiger partial charge in [0, 0.05) is 30.4 Å². The van der Waals surface area contributed by atoms with Crippen LogP contribution in [0.15, 0.2) is 76.2 Å². The predicted molar refractivity (Wildman–Crippen MR) is 120 cm³/mol. The van der Waals surface area contributed by atoms with Gasteiger partial charge in [-0.15, -0.1) is 0 Å². The van der Waals surface area contributed by atoms with Gasteiger partial charge in [0.15, 0.2) is 15.6 Å². The van der Waals surface area contributed by atoms with Crippen molar-refractivity contribution in [1.82, 2.24) is 5.32 Å². The van der Waals surface area contributed by atoms with Crippen LogP contribution < -0.4 is 10.2 Å². The summed E-state index contributed by atoms with van der Waals surface area (Å²) < 4.78 is 30.7. The third kappa shape index (κ3) is 4.84. The number of benzene rings is 2. The first kappa shape index (κ1) is 21.7. The Hall–Kier alpha value is -3.57. The topological polar surface area (TPSA) is 103 Å². The summed E-state index contributed by atoms with van der Waals surface area (Å²) in [6, 6.07) is 19.2. The van der Waals surface area contributed by atoms with E-state index in [0.717, 1.165) is 31.6 Å². The monoisotopic (exact) mass is 449 g/mol. The molecular formula is C24H23N3O4S. The Labute approximate surface area is 187 Å². The molecule has 0 unspecified atom stereocenters. The van der Waals surface area contributed by atoms with E-state index in [1.807, 2.05) is 12.1 Å². The zero-order valence-electron chi connectivity index (χ0n) is 17.4. The maximum absolute atomic E-state index is 12.8. The Morgan fingerprint density at radius 3 is 2.41 bits per heavy atom. The van der Waals surface area contributed by atoms with Crippen LogP contribution in [-0.2, 0) is 15.6 Å². The summed E-state index contributed by atoms with van der Waals surface area (Å²) in [6.45, 7) is 1.54. The zero-order valence-corrected chi connectivity index (χ0v) is 18.2. The molecule has 4 rings (SSSR count). The number of carbonyl (C=O) groups is 1. The Morgan fingerprint density at radius 1 is 1.06 bits per heavy atom. The molecule has 8 heteroatoms. The van der Waals surface area contributed by atoms with Crippen molar-refractivity contribution in [2.45, 2.75) is 29.5 Å². The van der Waals surface area contributed by atoms with E-state index in [0.29, 0.717) is 11.1 Å². The lowest BCUT2D eigenvalue weighted by atomic mass is 10.0. The Bertz CT molecular complexity index is 1220. The molecule has 3 aromatic rings. The average Bonchev–Trinajstić information content (AvgIpc) is 3.28.